The van der Waals surface area contributed by atoms with Crippen LogP contribution in [0.3, 0.4) is 0 Å². The first-order valence-electron chi connectivity index (χ1n) is 4.69. The predicted molar refractivity (Wildman–Crippen MR) is 63.6 cm³/mol. The number of aryl methyl sites for hydroxylation is 1. The number of carbonyl (C=O) groups excluding carboxylic acids is 1. The monoisotopic (exact) mass is 243 g/mol. The molecule has 1 aromatic rings. The molecule has 16 heavy (non-hydrogen) atoms. The van der Waals surface area contributed by atoms with Gasteiger partial charge < -0.3 is 10.2 Å². The topological polar surface area (TPSA) is 45.2 Å². The first-order chi connectivity index (χ1) is 7.45. The normalized spacial score (nSPS) is 11.4. The maximum atomic E-state index is 13.5. The molecule has 0 aliphatic heterocycles. The highest BCUT2D eigenvalue weighted by Crippen LogP contribution is 2.25. The summed E-state index contributed by atoms with van der Waals surface area (Å²) < 4.78 is 13.5. The maximum Gasteiger partial charge on any atom is 0.234 e. The van der Waals surface area contributed by atoms with Crippen molar-refractivity contribution in [2.45, 2.75) is 6.92 Å². The Morgan fingerprint density at radius 1 is 1.56 bits per heavy atom. The van der Waals surface area contributed by atoms with Gasteiger partial charge >= 0.3 is 0 Å². The van der Waals surface area contributed by atoms with Crippen molar-refractivity contribution in [3.8, 4) is 0 Å². The largest absolute Gasteiger partial charge is 0.381 e. The number of hydrogen-bond donors (Lipinski definition) is 1. The molecule has 0 aromatic carbocycles. The van der Waals surface area contributed by atoms with Gasteiger partial charge in [-0.2, -0.15) is 0 Å². The zero-order valence-corrected chi connectivity index (χ0v) is 10.5. The Bertz CT molecular complexity index is 426. The van der Waals surface area contributed by atoms with Crippen molar-refractivity contribution in [2.75, 3.05) is 26.5 Å². The van der Waals surface area contributed by atoms with Gasteiger partial charge in [-0.15, -0.1) is 0 Å². The van der Waals surface area contributed by atoms with Crippen molar-refractivity contribution in [2.24, 2.45) is 0 Å². The fourth-order valence-electron chi connectivity index (χ4n) is 1.11. The molecule has 1 heterocycles. The number of allylic oxidation sites excluding steroid dienone is 1. The number of nitrogens with one attached hydrogen (secondary N) is 1. The molecule has 1 aromatic heterocycles. The maximum absolute atomic E-state index is 13.5. The number of thiazole rings is 1. The van der Waals surface area contributed by atoms with Crippen LogP contribution in [0.5, 0.6) is 0 Å². The van der Waals surface area contributed by atoms with Crippen molar-refractivity contribution in [3.63, 3.8) is 0 Å². The minimum absolute atomic E-state index is 0.333. The Morgan fingerprint density at radius 3 is 2.62 bits per heavy atom. The lowest BCUT2D eigenvalue weighted by Crippen LogP contribution is -2.07. The highest BCUT2D eigenvalue weighted by atomic mass is 32.1. The molecule has 0 unspecified atom stereocenters. The van der Waals surface area contributed by atoms with Gasteiger partial charge in [0.2, 0.25) is 5.78 Å². The number of ketones is 1. The van der Waals surface area contributed by atoms with Crippen molar-refractivity contribution in [3.05, 3.63) is 22.6 Å². The molecule has 0 saturated carbocycles. The average Bonchev–Trinajstić information content (AvgIpc) is 2.57. The van der Waals surface area contributed by atoms with Crippen LogP contribution >= 0.6 is 11.3 Å². The van der Waals surface area contributed by atoms with Crippen molar-refractivity contribution in [1.29, 1.82) is 0 Å². The van der Waals surface area contributed by atoms with E-state index in [-0.39, 0.29) is 0 Å². The summed E-state index contributed by atoms with van der Waals surface area (Å²) >= 11 is 1.15. The van der Waals surface area contributed by atoms with Gasteiger partial charge in [-0.1, -0.05) is 11.3 Å². The summed E-state index contributed by atoms with van der Waals surface area (Å²) in [6.45, 7) is 1.69. The quantitative estimate of drug-likeness (QED) is 0.649. The molecule has 0 atom stereocenters. The van der Waals surface area contributed by atoms with E-state index in [1.807, 2.05) is 0 Å². The van der Waals surface area contributed by atoms with Gasteiger partial charge in [0, 0.05) is 27.3 Å². The number of hydrogen-bond acceptors (Lipinski definition) is 5. The van der Waals surface area contributed by atoms with Gasteiger partial charge in [0.15, 0.2) is 11.0 Å². The number of Topliss-reactive ketones (excluding diaryl/α,β-unsaturated/α-hetero) is 1. The smallest absolute Gasteiger partial charge is 0.234 e. The Labute approximate surface area is 97.8 Å². The number of anilines is 1. The van der Waals surface area contributed by atoms with E-state index in [0.29, 0.717) is 15.7 Å². The van der Waals surface area contributed by atoms with Gasteiger partial charge in [0.05, 0.1) is 5.69 Å². The van der Waals surface area contributed by atoms with E-state index < -0.39 is 11.6 Å². The van der Waals surface area contributed by atoms with E-state index >= 15 is 0 Å². The van der Waals surface area contributed by atoms with Gasteiger partial charge in [0.1, 0.15) is 4.88 Å². The lowest BCUT2D eigenvalue weighted by molar-refractivity contribution is 0.100. The van der Waals surface area contributed by atoms with Gasteiger partial charge in [-0.3, -0.25) is 4.79 Å². The Kier molecular flexibility index (Phi) is 4.00. The minimum Gasteiger partial charge on any atom is -0.381 e. The van der Waals surface area contributed by atoms with E-state index in [1.54, 1.807) is 28.1 Å². The van der Waals surface area contributed by atoms with Gasteiger partial charge in [-0.05, 0) is 6.92 Å². The fourth-order valence-corrected chi connectivity index (χ4v) is 1.97. The predicted octanol–water partition coefficient (Wildman–Crippen LogP) is 2.05. The van der Waals surface area contributed by atoms with E-state index in [2.05, 4.69) is 10.3 Å². The summed E-state index contributed by atoms with van der Waals surface area (Å²) in [4.78, 5) is 17.6. The first kappa shape index (κ1) is 12.6. The molecule has 1 rings (SSSR count). The van der Waals surface area contributed by atoms with Crippen LogP contribution in [0.4, 0.5) is 9.52 Å². The fraction of sp³-hybridized carbons (Fsp3) is 0.400. The third-order valence-corrected chi connectivity index (χ3v) is 2.98. The lowest BCUT2D eigenvalue weighted by Gasteiger charge is -2.04. The second kappa shape index (κ2) is 5.07. The number of rotatable bonds is 4. The summed E-state index contributed by atoms with van der Waals surface area (Å²) in [5.41, 5.74) is 0.543. The molecule has 1 N–H and O–H groups in total. The third kappa shape index (κ3) is 2.79. The molecular weight excluding hydrogens is 229 g/mol. The molecule has 0 aliphatic carbocycles. The van der Waals surface area contributed by atoms with Crippen molar-refractivity contribution < 1.29 is 9.18 Å². The average molecular weight is 243 g/mol. The van der Waals surface area contributed by atoms with Crippen LogP contribution in [0.1, 0.15) is 15.4 Å². The van der Waals surface area contributed by atoms with Crippen LogP contribution in [-0.4, -0.2) is 36.8 Å². The first-order valence-corrected chi connectivity index (χ1v) is 5.51. The lowest BCUT2D eigenvalue weighted by atomic mass is 10.2. The summed E-state index contributed by atoms with van der Waals surface area (Å²) in [6, 6.07) is 0. The van der Waals surface area contributed by atoms with Crippen molar-refractivity contribution >= 4 is 22.3 Å². The van der Waals surface area contributed by atoms with Crippen LogP contribution in [-0.2, 0) is 0 Å². The summed E-state index contributed by atoms with van der Waals surface area (Å²) in [6.07, 6.45) is 1.15. The SMILES string of the molecule is CNc1nc(C)c(C(=O)/C(F)=C\N(C)C)s1. The standard InChI is InChI=1S/C10H14FN3OS/c1-6-9(16-10(12-2)13-6)8(15)7(11)5-14(3)4/h5H,1-4H3,(H,12,13)/b7-5+. The second-order valence-corrected chi connectivity index (χ2v) is 4.45. The molecular formula is C10H14FN3OS. The zero-order chi connectivity index (χ0) is 12.3. The van der Waals surface area contributed by atoms with Crippen LogP contribution in [0.25, 0.3) is 0 Å². The summed E-state index contributed by atoms with van der Waals surface area (Å²) in [7, 11) is 5.02. The molecule has 0 bridgehead atoms. The highest BCUT2D eigenvalue weighted by molar-refractivity contribution is 7.17. The summed E-state index contributed by atoms with van der Waals surface area (Å²) in [5.74, 6) is -1.40. The van der Waals surface area contributed by atoms with E-state index in [0.717, 1.165) is 17.5 Å². The highest BCUT2D eigenvalue weighted by Gasteiger charge is 2.19. The molecule has 4 nitrogen and oxygen atoms in total. The minimum atomic E-state index is -0.778. The van der Waals surface area contributed by atoms with Crippen molar-refractivity contribution in [1.82, 2.24) is 9.88 Å². The summed E-state index contributed by atoms with van der Waals surface area (Å²) in [5, 5.41) is 3.44. The Balaban J connectivity index is 3.00. The number of nitrogens with zero attached hydrogens (tertiary/aromatic N) is 2. The molecule has 0 saturated heterocycles. The van der Waals surface area contributed by atoms with E-state index in [4.69, 9.17) is 0 Å². The Morgan fingerprint density at radius 2 is 2.19 bits per heavy atom. The number of halogens is 1. The molecule has 0 spiro atoms. The molecule has 0 radical (unpaired) electrons. The second-order valence-electron chi connectivity index (χ2n) is 3.45. The molecule has 0 fully saturated rings. The van der Waals surface area contributed by atoms with Gasteiger partial charge in [-0.25, -0.2) is 9.37 Å². The van der Waals surface area contributed by atoms with Crippen LogP contribution < -0.4 is 5.32 Å². The van der Waals surface area contributed by atoms with Crippen LogP contribution in [0.2, 0.25) is 0 Å². The number of carbonyl (C=O) groups is 1. The third-order valence-electron chi connectivity index (χ3n) is 1.81. The van der Waals surface area contributed by atoms with E-state index in [1.165, 1.54) is 4.90 Å². The Hall–Kier alpha value is -1.43. The van der Waals surface area contributed by atoms with Gasteiger partial charge in [0.25, 0.3) is 0 Å². The number of aromatic nitrogens is 1. The molecule has 6 heteroatoms. The zero-order valence-electron chi connectivity index (χ0n) is 9.67. The molecule has 88 valence electrons. The van der Waals surface area contributed by atoms with Crippen LogP contribution in [0, 0.1) is 6.92 Å². The van der Waals surface area contributed by atoms with Crippen LogP contribution in [0.15, 0.2) is 12.0 Å². The molecule has 0 aliphatic rings. The molecule has 0 amide bonds. The van der Waals surface area contributed by atoms with E-state index in [9.17, 15) is 9.18 Å².